The van der Waals surface area contributed by atoms with Gasteiger partial charge in [-0.1, -0.05) is 60.2 Å². The van der Waals surface area contributed by atoms with Crippen molar-refractivity contribution in [1.82, 2.24) is 9.97 Å². The van der Waals surface area contributed by atoms with Gasteiger partial charge in [0.2, 0.25) is 5.95 Å². The van der Waals surface area contributed by atoms with Crippen molar-refractivity contribution in [2.45, 2.75) is 6.92 Å². The van der Waals surface area contributed by atoms with Gasteiger partial charge in [-0.05, 0) is 37.3 Å². The highest BCUT2D eigenvalue weighted by Crippen LogP contribution is 2.25. The van der Waals surface area contributed by atoms with E-state index in [2.05, 4.69) is 15.3 Å². The first-order chi connectivity index (χ1) is 14.1. The molecule has 0 atom stereocenters. The van der Waals surface area contributed by atoms with Gasteiger partial charge < -0.3 is 0 Å². The van der Waals surface area contributed by atoms with Gasteiger partial charge in [0.05, 0.1) is 11.4 Å². The second kappa shape index (κ2) is 8.02. The number of rotatable bonds is 4. The van der Waals surface area contributed by atoms with Gasteiger partial charge in [0, 0.05) is 16.7 Å². The number of anilines is 1. The largest absolute Gasteiger partial charge is 0.290 e. The third-order valence-electron chi connectivity index (χ3n) is 4.47. The lowest BCUT2D eigenvalue weighted by Crippen LogP contribution is -2.14. The Balaban J connectivity index is 1.74. The molecule has 4 aromatic rings. The normalized spacial score (nSPS) is 10.6. The molecule has 0 saturated carbocycles. The predicted octanol–water partition coefficient (Wildman–Crippen LogP) is 5.51. The van der Waals surface area contributed by atoms with Crippen molar-refractivity contribution < 1.29 is 9.18 Å². The Labute approximate surface area is 168 Å². The van der Waals surface area contributed by atoms with Crippen LogP contribution in [0.3, 0.4) is 0 Å². The van der Waals surface area contributed by atoms with Crippen LogP contribution in [-0.2, 0) is 0 Å². The number of nitrogens with zero attached hydrogens (tertiary/aromatic N) is 2. The molecule has 0 aliphatic carbocycles. The summed E-state index contributed by atoms with van der Waals surface area (Å²) in [6, 6.07) is 24.9. The fraction of sp³-hybridized carbons (Fsp3) is 0.0417. The van der Waals surface area contributed by atoms with Crippen LogP contribution >= 0.6 is 0 Å². The van der Waals surface area contributed by atoms with E-state index in [1.807, 2.05) is 67.6 Å². The molecule has 1 heterocycles. The average Bonchev–Trinajstić information content (AvgIpc) is 2.75. The van der Waals surface area contributed by atoms with Crippen LogP contribution in [0.15, 0.2) is 84.9 Å². The van der Waals surface area contributed by atoms with Crippen LogP contribution in [0.4, 0.5) is 10.3 Å². The van der Waals surface area contributed by atoms with Crippen molar-refractivity contribution in [1.29, 1.82) is 0 Å². The Kier molecular flexibility index (Phi) is 5.12. The highest BCUT2D eigenvalue weighted by atomic mass is 19.1. The van der Waals surface area contributed by atoms with E-state index in [9.17, 15) is 9.18 Å². The zero-order chi connectivity index (χ0) is 20.2. The van der Waals surface area contributed by atoms with E-state index in [1.54, 1.807) is 0 Å². The van der Waals surface area contributed by atoms with Crippen LogP contribution < -0.4 is 5.32 Å². The quantitative estimate of drug-likeness (QED) is 0.505. The SMILES string of the molecule is Cc1ccc(-c2cc(-c3ccccc3)nc(NC(=O)c3ccc(F)cc3)n2)cc1. The van der Waals surface area contributed by atoms with Gasteiger partial charge in [0.25, 0.3) is 5.91 Å². The Hall–Kier alpha value is -3.86. The molecule has 29 heavy (non-hydrogen) atoms. The monoisotopic (exact) mass is 383 g/mol. The van der Waals surface area contributed by atoms with Gasteiger partial charge in [-0.3, -0.25) is 10.1 Å². The van der Waals surface area contributed by atoms with Gasteiger partial charge in [0.1, 0.15) is 5.82 Å². The van der Waals surface area contributed by atoms with Crippen LogP contribution in [0.25, 0.3) is 22.5 Å². The molecule has 4 nitrogen and oxygen atoms in total. The summed E-state index contributed by atoms with van der Waals surface area (Å²) in [6.45, 7) is 2.02. The lowest BCUT2D eigenvalue weighted by molar-refractivity contribution is 0.102. The summed E-state index contributed by atoms with van der Waals surface area (Å²) >= 11 is 0. The summed E-state index contributed by atoms with van der Waals surface area (Å²) in [4.78, 5) is 21.6. The fourth-order valence-corrected chi connectivity index (χ4v) is 2.91. The number of hydrogen-bond acceptors (Lipinski definition) is 3. The molecule has 0 spiro atoms. The molecule has 0 saturated heterocycles. The smallest absolute Gasteiger partial charge is 0.258 e. The van der Waals surface area contributed by atoms with Crippen molar-refractivity contribution in [3.05, 3.63) is 102 Å². The molecule has 1 aromatic heterocycles. The molecule has 1 N–H and O–H groups in total. The van der Waals surface area contributed by atoms with Crippen LogP contribution in [0.2, 0.25) is 0 Å². The molecule has 4 rings (SSSR count). The summed E-state index contributed by atoms with van der Waals surface area (Å²) in [6.07, 6.45) is 0. The number of halogens is 1. The average molecular weight is 383 g/mol. The number of benzene rings is 3. The van der Waals surface area contributed by atoms with E-state index in [0.29, 0.717) is 17.0 Å². The summed E-state index contributed by atoms with van der Waals surface area (Å²) in [5.41, 5.74) is 4.72. The van der Waals surface area contributed by atoms with Crippen molar-refractivity contribution in [3.8, 4) is 22.5 Å². The van der Waals surface area contributed by atoms with Crippen molar-refractivity contribution in [2.75, 3.05) is 5.32 Å². The van der Waals surface area contributed by atoms with Gasteiger partial charge in [-0.25, -0.2) is 14.4 Å². The first-order valence-corrected chi connectivity index (χ1v) is 9.17. The maximum Gasteiger partial charge on any atom is 0.258 e. The van der Waals surface area contributed by atoms with Crippen LogP contribution in [0.5, 0.6) is 0 Å². The molecular weight excluding hydrogens is 365 g/mol. The van der Waals surface area contributed by atoms with E-state index in [0.717, 1.165) is 16.7 Å². The second-order valence-electron chi connectivity index (χ2n) is 6.66. The standard InChI is InChI=1S/C24H18FN3O/c1-16-7-9-18(10-8-16)22-15-21(17-5-3-2-4-6-17)26-24(27-22)28-23(29)19-11-13-20(25)14-12-19/h2-15H,1H3,(H,26,27,28,29). The molecule has 0 aliphatic rings. The Morgan fingerprint density at radius 1 is 0.793 bits per heavy atom. The zero-order valence-corrected chi connectivity index (χ0v) is 15.8. The third kappa shape index (κ3) is 4.35. The summed E-state index contributed by atoms with van der Waals surface area (Å²) in [5, 5.41) is 2.73. The minimum atomic E-state index is -0.398. The van der Waals surface area contributed by atoms with Crippen molar-refractivity contribution >= 4 is 11.9 Å². The lowest BCUT2D eigenvalue weighted by atomic mass is 10.1. The maximum atomic E-state index is 13.1. The van der Waals surface area contributed by atoms with Gasteiger partial charge in [-0.2, -0.15) is 0 Å². The molecule has 0 fully saturated rings. The topological polar surface area (TPSA) is 54.9 Å². The summed E-state index contributed by atoms with van der Waals surface area (Å²) in [5.74, 6) is -0.605. The van der Waals surface area contributed by atoms with Crippen LogP contribution in [0.1, 0.15) is 15.9 Å². The Morgan fingerprint density at radius 2 is 1.38 bits per heavy atom. The number of nitrogens with one attached hydrogen (secondary N) is 1. The first kappa shape index (κ1) is 18.5. The van der Waals surface area contributed by atoms with E-state index in [1.165, 1.54) is 24.3 Å². The first-order valence-electron chi connectivity index (χ1n) is 9.17. The minimum absolute atomic E-state index is 0.191. The number of hydrogen-bond donors (Lipinski definition) is 1. The van der Waals surface area contributed by atoms with Gasteiger partial charge in [0.15, 0.2) is 0 Å². The van der Waals surface area contributed by atoms with Crippen LogP contribution in [-0.4, -0.2) is 15.9 Å². The highest BCUT2D eigenvalue weighted by Gasteiger charge is 2.12. The molecule has 142 valence electrons. The number of amides is 1. The third-order valence-corrected chi connectivity index (χ3v) is 4.47. The molecule has 0 radical (unpaired) electrons. The van der Waals surface area contributed by atoms with Crippen LogP contribution in [0, 0.1) is 12.7 Å². The molecule has 0 bridgehead atoms. The zero-order valence-electron chi connectivity index (χ0n) is 15.8. The molecular formula is C24H18FN3O. The van der Waals surface area contributed by atoms with Gasteiger partial charge in [-0.15, -0.1) is 0 Å². The molecule has 3 aromatic carbocycles. The van der Waals surface area contributed by atoms with Gasteiger partial charge >= 0.3 is 0 Å². The summed E-state index contributed by atoms with van der Waals surface area (Å²) < 4.78 is 13.1. The second-order valence-corrected chi connectivity index (χ2v) is 6.66. The summed E-state index contributed by atoms with van der Waals surface area (Å²) in [7, 11) is 0. The molecule has 1 amide bonds. The van der Waals surface area contributed by atoms with Crippen molar-refractivity contribution in [3.63, 3.8) is 0 Å². The van der Waals surface area contributed by atoms with E-state index in [4.69, 9.17) is 0 Å². The number of carbonyl (C=O) groups is 1. The van der Waals surface area contributed by atoms with E-state index in [-0.39, 0.29) is 5.95 Å². The Morgan fingerprint density at radius 3 is 2.00 bits per heavy atom. The minimum Gasteiger partial charge on any atom is -0.290 e. The maximum absolute atomic E-state index is 13.1. The molecule has 0 aliphatic heterocycles. The predicted molar refractivity (Wildman–Crippen MR) is 112 cm³/mol. The highest BCUT2D eigenvalue weighted by molar-refractivity contribution is 6.03. The Bertz CT molecular complexity index is 1140. The molecule has 5 heteroatoms. The lowest BCUT2D eigenvalue weighted by Gasteiger charge is -2.10. The van der Waals surface area contributed by atoms with E-state index < -0.39 is 11.7 Å². The fourth-order valence-electron chi connectivity index (χ4n) is 2.91. The molecule has 0 unspecified atom stereocenters. The number of aromatic nitrogens is 2. The van der Waals surface area contributed by atoms with Crippen molar-refractivity contribution in [2.24, 2.45) is 0 Å². The van der Waals surface area contributed by atoms with E-state index >= 15 is 0 Å². The number of aryl methyl sites for hydroxylation is 1. The number of carbonyl (C=O) groups excluding carboxylic acids is 1.